The first kappa shape index (κ1) is 16.8. The Labute approximate surface area is 73.6 Å². The van der Waals surface area contributed by atoms with E-state index in [0.29, 0.717) is 0 Å². The number of carbonyl (C=O) groups excluding carboxylic acids is 1. The maximum absolute atomic E-state index is 9.04. The van der Waals surface area contributed by atoms with Crippen molar-refractivity contribution in [3.8, 4) is 0 Å². The molecule has 0 aliphatic heterocycles. The van der Waals surface area contributed by atoms with Gasteiger partial charge in [0, 0.05) is 0 Å². The summed E-state index contributed by atoms with van der Waals surface area (Å²) in [6, 6.07) is 0. The zero-order chi connectivity index (χ0) is 8.73. The molecule has 0 aliphatic rings. The van der Waals surface area contributed by atoms with Gasteiger partial charge in [0.15, 0.2) is 5.97 Å². The molecule has 0 unspecified atom stereocenters. The summed E-state index contributed by atoms with van der Waals surface area (Å²) in [7, 11) is -2.17. The zero-order valence-electron chi connectivity index (χ0n) is 5.59. The van der Waals surface area contributed by atoms with E-state index < -0.39 is 19.3 Å². The molecule has 7 nitrogen and oxygen atoms in total. The summed E-state index contributed by atoms with van der Waals surface area (Å²) in [6.07, 6.45) is 0. The molecule has 0 amide bonds. The van der Waals surface area contributed by atoms with Crippen LogP contribution >= 0.6 is 0 Å². The van der Waals surface area contributed by atoms with Crippen LogP contribution in [-0.2, 0) is 9.59 Å². The number of hydrogen-bond donors (Lipinski definition) is 4. The average molecular weight is 158 g/mol. The second-order valence-corrected chi connectivity index (χ2v) is 0.939. The summed E-state index contributed by atoms with van der Waals surface area (Å²) in [5.74, 6) is -4.01. The largest absolute Gasteiger partial charge is 1.00 e. The Morgan fingerprint density at radius 2 is 1.27 bits per heavy atom. The van der Waals surface area contributed by atoms with Gasteiger partial charge in [0.1, 0.15) is 0 Å². The first-order valence-corrected chi connectivity index (χ1v) is 1.86. The van der Waals surface area contributed by atoms with E-state index in [4.69, 9.17) is 34.9 Å². The number of carboxylic acids is 2. The molecule has 0 aromatic carbocycles. The molecule has 58 valence electrons. The Kier molecular flexibility index (Phi) is 14.5. The topological polar surface area (TPSA) is 138 Å². The monoisotopic (exact) mass is 158 g/mol. The molecule has 0 aromatic heterocycles. The van der Waals surface area contributed by atoms with E-state index in [1.165, 1.54) is 0 Å². The van der Waals surface area contributed by atoms with Crippen LogP contribution in [0.2, 0.25) is 0 Å². The Balaban J connectivity index is -0.000000114. The van der Waals surface area contributed by atoms with Gasteiger partial charge in [0.05, 0.1) is 0 Å². The Bertz CT molecular complexity index is 109. The summed E-state index contributed by atoms with van der Waals surface area (Å²) in [6.45, 7) is 0. The summed E-state index contributed by atoms with van der Waals surface area (Å²) in [5.41, 5.74) is 0. The molecule has 0 aliphatic carbocycles. The van der Waals surface area contributed by atoms with Crippen LogP contribution in [0.1, 0.15) is 0 Å². The molecule has 0 heterocycles. The van der Waals surface area contributed by atoms with Crippen LogP contribution < -0.4 is 24.0 Å². The Hall–Kier alpha value is -0.518. The van der Waals surface area contributed by atoms with Crippen LogP contribution in [-0.4, -0.2) is 39.4 Å². The van der Waals surface area contributed by atoms with Crippen molar-refractivity contribution in [1.29, 1.82) is 0 Å². The van der Waals surface area contributed by atoms with Crippen LogP contribution in [0.15, 0.2) is 0 Å². The standard InChI is InChI=1S/C2H2O4.BH3O3.Li/c3-1(4)2(5)6;2-1(3)4;/h(H,3,4)(H,5,6);2-4H;/q;;+1/p-1. The first-order chi connectivity index (χ1) is 4.37. The molecule has 0 radical (unpaired) electrons. The molecule has 0 spiro atoms. The van der Waals surface area contributed by atoms with Crippen molar-refractivity contribution >= 4 is 19.3 Å². The molecular formula is C2H4BLiO7. The van der Waals surface area contributed by atoms with Gasteiger partial charge in [-0.1, -0.05) is 0 Å². The molecule has 0 saturated heterocycles. The minimum atomic E-state index is -2.17. The predicted molar refractivity (Wildman–Crippen MR) is 25.1 cm³/mol. The second-order valence-electron chi connectivity index (χ2n) is 0.939. The minimum absolute atomic E-state index is 0. The van der Waals surface area contributed by atoms with Crippen molar-refractivity contribution in [2.45, 2.75) is 0 Å². The molecular weight excluding hydrogens is 154 g/mol. The fraction of sp³-hybridized carbons (Fsp3) is 0. The van der Waals surface area contributed by atoms with Crippen molar-refractivity contribution in [3.05, 3.63) is 0 Å². The third-order valence-electron chi connectivity index (χ3n) is 0.175. The molecule has 0 rings (SSSR count). The van der Waals surface area contributed by atoms with E-state index >= 15 is 0 Å². The molecule has 0 atom stereocenters. The molecule has 9 heteroatoms. The fourth-order valence-corrected chi connectivity index (χ4v) is 0. The van der Waals surface area contributed by atoms with Gasteiger partial charge >= 0.3 is 32.2 Å². The van der Waals surface area contributed by atoms with Crippen LogP contribution in [0.5, 0.6) is 0 Å². The van der Waals surface area contributed by atoms with Crippen molar-refractivity contribution in [3.63, 3.8) is 0 Å². The van der Waals surface area contributed by atoms with Gasteiger partial charge in [0.2, 0.25) is 0 Å². The first-order valence-electron chi connectivity index (χ1n) is 1.86. The van der Waals surface area contributed by atoms with Gasteiger partial charge in [-0.3, -0.25) is 0 Å². The SMILES string of the molecule is O=C([O-])C(=O)O.OB(O)O.[Li+]. The van der Waals surface area contributed by atoms with Crippen LogP contribution in [0, 0.1) is 0 Å². The van der Waals surface area contributed by atoms with E-state index in [1.54, 1.807) is 0 Å². The summed E-state index contributed by atoms with van der Waals surface area (Å²) < 4.78 is 0. The van der Waals surface area contributed by atoms with E-state index in [0.717, 1.165) is 0 Å². The molecule has 11 heavy (non-hydrogen) atoms. The normalized spacial score (nSPS) is 6.45. The van der Waals surface area contributed by atoms with Gasteiger partial charge in [-0.25, -0.2) is 4.79 Å². The summed E-state index contributed by atoms with van der Waals surface area (Å²) in [4.78, 5) is 18.0. The van der Waals surface area contributed by atoms with Gasteiger partial charge in [0.25, 0.3) is 0 Å². The Morgan fingerprint density at radius 3 is 1.27 bits per heavy atom. The van der Waals surface area contributed by atoms with E-state index in [-0.39, 0.29) is 18.9 Å². The van der Waals surface area contributed by atoms with Crippen molar-refractivity contribution in [1.82, 2.24) is 0 Å². The maximum Gasteiger partial charge on any atom is 1.00 e. The van der Waals surface area contributed by atoms with E-state index in [1.807, 2.05) is 0 Å². The molecule has 4 N–H and O–H groups in total. The second kappa shape index (κ2) is 9.48. The Morgan fingerprint density at radius 1 is 1.18 bits per heavy atom. The fourth-order valence-electron chi connectivity index (χ4n) is 0. The molecule has 0 aromatic rings. The van der Waals surface area contributed by atoms with Crippen LogP contribution in [0.3, 0.4) is 0 Å². The van der Waals surface area contributed by atoms with Crippen molar-refractivity contribution < 1.29 is 53.7 Å². The van der Waals surface area contributed by atoms with Gasteiger partial charge in [-0.05, 0) is 0 Å². The zero-order valence-corrected chi connectivity index (χ0v) is 5.59. The van der Waals surface area contributed by atoms with Crippen LogP contribution in [0.25, 0.3) is 0 Å². The predicted octanol–water partition coefficient (Wildman–Crippen LogP) is -7.23. The maximum atomic E-state index is 9.04. The summed E-state index contributed by atoms with van der Waals surface area (Å²) >= 11 is 0. The molecule has 0 saturated carbocycles. The number of hydrogen-bond acceptors (Lipinski definition) is 6. The van der Waals surface area contributed by atoms with Gasteiger partial charge < -0.3 is 30.1 Å². The van der Waals surface area contributed by atoms with Crippen LogP contribution in [0.4, 0.5) is 0 Å². The quantitative estimate of drug-likeness (QED) is 0.203. The summed E-state index contributed by atoms with van der Waals surface area (Å²) in [5, 5.41) is 37.8. The number of rotatable bonds is 0. The van der Waals surface area contributed by atoms with Gasteiger partial charge in [-0.2, -0.15) is 0 Å². The molecule has 0 fully saturated rings. The third kappa shape index (κ3) is 43.8. The smallest absolute Gasteiger partial charge is 0.539 e. The van der Waals surface area contributed by atoms with Crippen molar-refractivity contribution in [2.24, 2.45) is 0 Å². The number of carboxylic acid groups (broad SMARTS) is 2. The number of aliphatic carboxylic acids is 2. The van der Waals surface area contributed by atoms with E-state index in [2.05, 4.69) is 0 Å². The number of carbonyl (C=O) groups is 2. The third-order valence-corrected chi connectivity index (χ3v) is 0.175. The van der Waals surface area contributed by atoms with Crippen molar-refractivity contribution in [2.75, 3.05) is 0 Å². The molecule has 0 bridgehead atoms. The minimum Gasteiger partial charge on any atom is -0.539 e. The van der Waals surface area contributed by atoms with E-state index in [9.17, 15) is 0 Å². The van der Waals surface area contributed by atoms with Gasteiger partial charge in [-0.15, -0.1) is 0 Å². The average Bonchev–Trinajstić information content (AvgIpc) is 1.63.